The van der Waals surface area contributed by atoms with Crippen LogP contribution in [0.3, 0.4) is 0 Å². The second-order valence-electron chi connectivity index (χ2n) is 5.16. The van der Waals surface area contributed by atoms with Crippen LogP contribution in [0.25, 0.3) is 0 Å². The van der Waals surface area contributed by atoms with Crippen molar-refractivity contribution in [2.45, 2.75) is 24.8 Å². The Morgan fingerprint density at radius 1 is 1.00 bits per heavy atom. The van der Waals surface area contributed by atoms with E-state index in [1.54, 1.807) is 18.2 Å². The Balaban J connectivity index is 1.64. The lowest BCUT2D eigenvalue weighted by molar-refractivity contribution is 0.362. The molecule has 2 aromatic rings. The smallest absolute Gasteiger partial charge is 0.146 e. The Morgan fingerprint density at radius 3 is 2.50 bits per heavy atom. The largest absolute Gasteiger partial charge is 0.380 e. The Kier molecular flexibility index (Phi) is 3.74. The monoisotopic (exact) mass is 337 g/mol. The lowest BCUT2D eigenvalue weighted by Crippen LogP contribution is -2.34. The van der Waals surface area contributed by atoms with Crippen LogP contribution in [-0.2, 0) is 0 Å². The van der Waals surface area contributed by atoms with Crippen LogP contribution in [0.5, 0.6) is 0 Å². The average molecular weight is 338 g/mol. The maximum absolute atomic E-state index is 13.6. The Hall–Kier alpha value is -1.42. The number of anilines is 1. The Morgan fingerprint density at radius 2 is 1.75 bits per heavy atom. The maximum Gasteiger partial charge on any atom is 0.146 e. The molecule has 1 saturated carbocycles. The van der Waals surface area contributed by atoms with Gasteiger partial charge in [-0.1, -0.05) is 34.1 Å². The molecule has 1 nitrogen and oxygen atoms in total. The van der Waals surface area contributed by atoms with Crippen molar-refractivity contribution >= 4 is 21.6 Å². The molecule has 4 heteroatoms. The van der Waals surface area contributed by atoms with Crippen molar-refractivity contribution in [2.24, 2.45) is 0 Å². The van der Waals surface area contributed by atoms with Crippen LogP contribution < -0.4 is 5.32 Å². The van der Waals surface area contributed by atoms with E-state index in [1.807, 2.05) is 12.1 Å². The number of benzene rings is 2. The fourth-order valence-corrected chi connectivity index (χ4v) is 2.98. The molecule has 0 amide bonds. The molecule has 20 heavy (non-hydrogen) atoms. The fraction of sp³-hybridized carbons (Fsp3) is 0.250. The van der Waals surface area contributed by atoms with E-state index in [-0.39, 0.29) is 23.6 Å². The predicted molar refractivity (Wildman–Crippen MR) is 79.9 cm³/mol. The summed E-state index contributed by atoms with van der Waals surface area (Å²) < 4.78 is 28.1. The van der Waals surface area contributed by atoms with Crippen molar-refractivity contribution in [3.8, 4) is 0 Å². The molecular formula is C16H14BrF2N. The molecule has 104 valence electrons. The summed E-state index contributed by atoms with van der Waals surface area (Å²) in [5, 5.41) is 3.18. The molecule has 2 aromatic carbocycles. The molecule has 0 aliphatic heterocycles. The number of rotatable bonds is 3. The molecule has 1 aliphatic rings. The lowest BCUT2D eigenvalue weighted by atomic mass is 9.75. The standard InChI is InChI=1S/C16H14BrF2N/c17-11-5-6-15(19)16(9-11)20-12-7-10(8-12)13-3-1-2-4-14(13)18/h1-6,9-10,12,20H,7-8H2. The highest BCUT2D eigenvalue weighted by Gasteiger charge is 2.32. The van der Waals surface area contributed by atoms with Crippen molar-refractivity contribution in [3.05, 3.63) is 64.1 Å². The minimum absolute atomic E-state index is 0.149. The van der Waals surface area contributed by atoms with Gasteiger partial charge >= 0.3 is 0 Å². The van der Waals surface area contributed by atoms with Crippen LogP contribution in [0.1, 0.15) is 24.3 Å². The van der Waals surface area contributed by atoms with Crippen molar-refractivity contribution in [2.75, 3.05) is 5.32 Å². The summed E-state index contributed by atoms with van der Waals surface area (Å²) in [4.78, 5) is 0. The number of hydrogen-bond donors (Lipinski definition) is 1. The van der Waals surface area contributed by atoms with Gasteiger partial charge in [-0.05, 0) is 48.6 Å². The maximum atomic E-state index is 13.6. The summed E-state index contributed by atoms with van der Waals surface area (Å²) in [7, 11) is 0. The predicted octanol–water partition coefficient (Wildman–Crippen LogP) is 5.09. The molecule has 1 fully saturated rings. The van der Waals surface area contributed by atoms with Crippen molar-refractivity contribution < 1.29 is 8.78 Å². The fourth-order valence-electron chi connectivity index (χ4n) is 2.62. The van der Waals surface area contributed by atoms with Gasteiger partial charge in [-0.15, -0.1) is 0 Å². The molecule has 1 N–H and O–H groups in total. The summed E-state index contributed by atoms with van der Waals surface area (Å²) in [5.41, 5.74) is 1.26. The first-order chi connectivity index (χ1) is 9.63. The highest BCUT2D eigenvalue weighted by molar-refractivity contribution is 9.10. The van der Waals surface area contributed by atoms with Crippen LogP contribution in [0.4, 0.5) is 14.5 Å². The van der Waals surface area contributed by atoms with E-state index >= 15 is 0 Å². The van der Waals surface area contributed by atoms with E-state index in [0.717, 1.165) is 22.9 Å². The summed E-state index contributed by atoms with van der Waals surface area (Å²) in [6, 6.07) is 11.9. The van der Waals surface area contributed by atoms with Gasteiger partial charge in [0.05, 0.1) is 5.69 Å². The Bertz CT molecular complexity index is 624. The summed E-state index contributed by atoms with van der Waals surface area (Å²) >= 11 is 3.33. The highest BCUT2D eigenvalue weighted by Crippen LogP contribution is 2.39. The third-order valence-corrected chi connectivity index (χ3v) is 4.26. The number of hydrogen-bond acceptors (Lipinski definition) is 1. The first-order valence-corrected chi connectivity index (χ1v) is 7.39. The molecule has 0 unspecified atom stereocenters. The third-order valence-electron chi connectivity index (χ3n) is 3.77. The molecule has 0 atom stereocenters. The zero-order valence-electron chi connectivity index (χ0n) is 10.7. The van der Waals surface area contributed by atoms with E-state index in [9.17, 15) is 8.78 Å². The van der Waals surface area contributed by atoms with Gasteiger partial charge in [0.25, 0.3) is 0 Å². The normalized spacial score (nSPS) is 21.4. The third kappa shape index (κ3) is 2.70. The summed E-state index contributed by atoms with van der Waals surface area (Å²) in [5.74, 6) is -0.184. The van der Waals surface area contributed by atoms with Crippen molar-refractivity contribution in [1.29, 1.82) is 0 Å². The quantitative estimate of drug-likeness (QED) is 0.822. The first kappa shape index (κ1) is 13.6. The second kappa shape index (κ2) is 5.52. The average Bonchev–Trinajstić information content (AvgIpc) is 2.38. The molecular weight excluding hydrogens is 324 g/mol. The van der Waals surface area contributed by atoms with E-state index < -0.39 is 0 Å². The molecule has 0 heterocycles. The van der Waals surface area contributed by atoms with Gasteiger partial charge in [-0.2, -0.15) is 0 Å². The van der Waals surface area contributed by atoms with E-state index in [4.69, 9.17) is 0 Å². The zero-order chi connectivity index (χ0) is 14.1. The lowest BCUT2D eigenvalue weighted by Gasteiger charge is -2.37. The van der Waals surface area contributed by atoms with Gasteiger partial charge in [0.15, 0.2) is 0 Å². The second-order valence-corrected chi connectivity index (χ2v) is 6.07. The van der Waals surface area contributed by atoms with Gasteiger partial charge in [-0.25, -0.2) is 8.78 Å². The van der Waals surface area contributed by atoms with E-state index in [1.165, 1.54) is 12.1 Å². The van der Waals surface area contributed by atoms with Gasteiger partial charge in [-0.3, -0.25) is 0 Å². The molecule has 3 rings (SSSR count). The van der Waals surface area contributed by atoms with E-state index in [2.05, 4.69) is 21.2 Å². The number of nitrogens with one attached hydrogen (secondary N) is 1. The van der Waals surface area contributed by atoms with Crippen molar-refractivity contribution in [1.82, 2.24) is 0 Å². The zero-order valence-corrected chi connectivity index (χ0v) is 12.3. The van der Waals surface area contributed by atoms with Gasteiger partial charge in [0.1, 0.15) is 11.6 Å². The topological polar surface area (TPSA) is 12.0 Å². The van der Waals surface area contributed by atoms with Crippen molar-refractivity contribution in [3.63, 3.8) is 0 Å². The molecule has 0 radical (unpaired) electrons. The van der Waals surface area contributed by atoms with Gasteiger partial charge in [0.2, 0.25) is 0 Å². The van der Waals surface area contributed by atoms with Crippen LogP contribution >= 0.6 is 15.9 Å². The molecule has 0 aromatic heterocycles. The molecule has 0 saturated heterocycles. The van der Waals surface area contributed by atoms with Gasteiger partial charge < -0.3 is 5.32 Å². The van der Waals surface area contributed by atoms with Crippen LogP contribution in [0.2, 0.25) is 0 Å². The molecule has 0 spiro atoms. The number of halogens is 3. The molecule has 1 aliphatic carbocycles. The van der Waals surface area contributed by atoms with E-state index in [0.29, 0.717) is 5.69 Å². The Labute approximate surface area is 125 Å². The molecule has 0 bridgehead atoms. The van der Waals surface area contributed by atoms with Crippen LogP contribution in [-0.4, -0.2) is 6.04 Å². The minimum atomic E-state index is -0.262. The first-order valence-electron chi connectivity index (χ1n) is 6.59. The van der Waals surface area contributed by atoms with Gasteiger partial charge in [0, 0.05) is 10.5 Å². The minimum Gasteiger partial charge on any atom is -0.380 e. The van der Waals surface area contributed by atoms with Crippen LogP contribution in [0, 0.1) is 11.6 Å². The summed E-state index contributed by atoms with van der Waals surface area (Å²) in [6.45, 7) is 0. The highest BCUT2D eigenvalue weighted by atomic mass is 79.9. The van der Waals surface area contributed by atoms with Crippen LogP contribution in [0.15, 0.2) is 46.9 Å². The summed E-state index contributed by atoms with van der Waals surface area (Å²) in [6.07, 6.45) is 1.65. The SMILES string of the molecule is Fc1ccc(Br)cc1NC1CC(c2ccccc2F)C1.